The van der Waals surface area contributed by atoms with E-state index in [1.165, 1.54) is 96.3 Å². The van der Waals surface area contributed by atoms with Crippen LogP contribution in [-0.2, 0) is 23.8 Å². The number of amides is 1. The fourth-order valence-electron chi connectivity index (χ4n) is 8.11. The maximum absolute atomic E-state index is 13.0. The van der Waals surface area contributed by atoms with Crippen LogP contribution in [0.25, 0.3) is 0 Å². The molecule has 6 N–H and O–H groups in total. The molecule has 0 aromatic carbocycles. The van der Waals surface area contributed by atoms with Gasteiger partial charge in [0.2, 0.25) is 5.91 Å². The van der Waals surface area contributed by atoms with Crippen LogP contribution in [0.15, 0.2) is 60.8 Å². The maximum atomic E-state index is 13.0. The molecular formula is C56H99NO10. The predicted octanol–water partition coefficient (Wildman–Crippen LogP) is 11.5. The average Bonchev–Trinajstić information content (AvgIpc) is 3.32. The first kappa shape index (κ1) is 62.4. The van der Waals surface area contributed by atoms with E-state index >= 15 is 0 Å². The summed E-state index contributed by atoms with van der Waals surface area (Å²) in [6, 6.07) is -0.841. The molecule has 1 fully saturated rings. The van der Waals surface area contributed by atoms with Crippen molar-refractivity contribution in [2.24, 2.45) is 0 Å². The van der Waals surface area contributed by atoms with E-state index in [1.807, 2.05) is 19.1 Å². The maximum Gasteiger partial charge on any atom is 0.305 e. The summed E-state index contributed by atoms with van der Waals surface area (Å²) in [5, 5.41) is 54.0. The molecule has 1 aliphatic rings. The zero-order valence-corrected chi connectivity index (χ0v) is 42.3. The largest absolute Gasteiger partial charge is 0.466 e. The molecule has 1 heterocycles. The van der Waals surface area contributed by atoms with Gasteiger partial charge in [-0.15, -0.1) is 0 Å². The van der Waals surface area contributed by atoms with E-state index in [4.69, 9.17) is 14.2 Å². The summed E-state index contributed by atoms with van der Waals surface area (Å²) in [5.41, 5.74) is 0. The summed E-state index contributed by atoms with van der Waals surface area (Å²) < 4.78 is 16.6. The lowest BCUT2D eigenvalue weighted by Gasteiger charge is -2.40. The number of aliphatic hydroxyl groups is 5. The minimum absolute atomic E-state index is 0.0308. The second-order valence-corrected chi connectivity index (χ2v) is 18.6. The van der Waals surface area contributed by atoms with E-state index in [0.29, 0.717) is 25.9 Å². The van der Waals surface area contributed by atoms with Crippen molar-refractivity contribution in [1.82, 2.24) is 5.32 Å². The van der Waals surface area contributed by atoms with Crippen LogP contribution in [0.2, 0.25) is 0 Å². The molecule has 0 aliphatic carbocycles. The summed E-state index contributed by atoms with van der Waals surface area (Å²) in [4.78, 5) is 24.9. The first-order chi connectivity index (χ1) is 32.7. The molecule has 7 atom stereocenters. The Bertz CT molecular complexity index is 1300. The summed E-state index contributed by atoms with van der Waals surface area (Å²) in [7, 11) is 0. The van der Waals surface area contributed by atoms with Gasteiger partial charge in [-0.1, -0.05) is 183 Å². The second kappa shape index (κ2) is 45.8. The zero-order valence-electron chi connectivity index (χ0n) is 42.3. The molecular weight excluding hydrogens is 847 g/mol. The molecule has 67 heavy (non-hydrogen) atoms. The van der Waals surface area contributed by atoms with E-state index in [2.05, 4.69) is 54.8 Å². The van der Waals surface area contributed by atoms with Crippen molar-refractivity contribution in [3.63, 3.8) is 0 Å². The number of hydrogen-bond donors (Lipinski definition) is 6. The highest BCUT2D eigenvalue weighted by Crippen LogP contribution is 2.23. The molecule has 388 valence electrons. The summed E-state index contributed by atoms with van der Waals surface area (Å²) in [6.45, 7) is 4.02. The fourth-order valence-corrected chi connectivity index (χ4v) is 8.11. The van der Waals surface area contributed by atoms with Gasteiger partial charge in [-0.05, 0) is 84.0 Å². The Morgan fingerprint density at radius 2 is 1.07 bits per heavy atom. The van der Waals surface area contributed by atoms with Crippen LogP contribution in [0.3, 0.4) is 0 Å². The molecule has 11 heteroatoms. The fraction of sp³-hybridized carbons (Fsp3) is 0.786. The molecule has 0 radical (unpaired) electrons. The van der Waals surface area contributed by atoms with E-state index in [9.17, 15) is 35.1 Å². The Balaban J connectivity index is 2.11. The van der Waals surface area contributed by atoms with Crippen molar-refractivity contribution in [1.29, 1.82) is 0 Å². The monoisotopic (exact) mass is 946 g/mol. The number of nitrogens with one attached hydrogen (secondary N) is 1. The number of hydrogen-bond acceptors (Lipinski definition) is 10. The van der Waals surface area contributed by atoms with Gasteiger partial charge < -0.3 is 45.1 Å². The number of unbranched alkanes of at least 4 members (excludes halogenated alkanes) is 25. The molecule has 0 bridgehead atoms. The Kier molecular flexibility index (Phi) is 42.6. The normalized spacial score (nSPS) is 20.0. The Hall–Kier alpha value is -2.64. The Labute approximate surface area is 408 Å². The third kappa shape index (κ3) is 36.0. The van der Waals surface area contributed by atoms with Crippen LogP contribution in [0.5, 0.6) is 0 Å². The van der Waals surface area contributed by atoms with Gasteiger partial charge in [0.15, 0.2) is 6.29 Å². The Morgan fingerprint density at radius 3 is 1.63 bits per heavy atom. The molecule has 7 unspecified atom stereocenters. The number of rotatable bonds is 45. The van der Waals surface area contributed by atoms with Crippen LogP contribution in [-0.4, -0.2) is 100 Å². The molecule has 1 amide bonds. The SMILES string of the molecule is C/C=C/CC/C=C/CC/C=C/C(O)C(COC1OC(CO)C(O)C(O)C1O)NC(=O)CCCCCCCCCCCC/C=C\C=C/CCCCCOC(=O)CCCCCCCCCCCCC. The highest BCUT2D eigenvalue weighted by Gasteiger charge is 2.44. The smallest absolute Gasteiger partial charge is 0.305 e. The third-order valence-corrected chi connectivity index (χ3v) is 12.5. The highest BCUT2D eigenvalue weighted by atomic mass is 16.7. The van der Waals surface area contributed by atoms with Crippen molar-refractivity contribution in [3.8, 4) is 0 Å². The number of carbonyl (C=O) groups is 2. The van der Waals surface area contributed by atoms with Gasteiger partial charge in [0.1, 0.15) is 24.4 Å². The number of allylic oxidation sites excluding steroid dienone is 9. The molecule has 0 spiro atoms. The summed E-state index contributed by atoms with van der Waals surface area (Å²) >= 11 is 0. The molecule has 1 aliphatic heterocycles. The van der Waals surface area contributed by atoms with E-state index < -0.39 is 49.5 Å². The van der Waals surface area contributed by atoms with Crippen molar-refractivity contribution in [3.05, 3.63) is 60.8 Å². The number of ether oxygens (including phenoxy) is 3. The lowest BCUT2D eigenvalue weighted by Crippen LogP contribution is -2.60. The lowest BCUT2D eigenvalue weighted by atomic mass is 9.99. The van der Waals surface area contributed by atoms with Crippen LogP contribution < -0.4 is 5.32 Å². The highest BCUT2D eigenvalue weighted by molar-refractivity contribution is 5.76. The van der Waals surface area contributed by atoms with Gasteiger partial charge in [0, 0.05) is 12.8 Å². The van der Waals surface area contributed by atoms with E-state index in [0.717, 1.165) is 89.9 Å². The quantitative estimate of drug-likeness (QED) is 0.0149. The van der Waals surface area contributed by atoms with Gasteiger partial charge >= 0.3 is 5.97 Å². The zero-order chi connectivity index (χ0) is 48.8. The Morgan fingerprint density at radius 1 is 0.582 bits per heavy atom. The van der Waals surface area contributed by atoms with Crippen molar-refractivity contribution in [2.45, 2.75) is 262 Å². The number of carbonyl (C=O) groups excluding carboxylic acids is 2. The van der Waals surface area contributed by atoms with Crippen LogP contribution >= 0.6 is 0 Å². The van der Waals surface area contributed by atoms with E-state index in [-0.39, 0.29) is 18.5 Å². The topological polar surface area (TPSA) is 175 Å². The first-order valence-electron chi connectivity index (χ1n) is 27.0. The lowest BCUT2D eigenvalue weighted by molar-refractivity contribution is -0.302. The van der Waals surface area contributed by atoms with Crippen molar-refractivity contribution >= 4 is 11.9 Å². The van der Waals surface area contributed by atoms with Gasteiger partial charge in [-0.2, -0.15) is 0 Å². The van der Waals surface area contributed by atoms with Crippen molar-refractivity contribution in [2.75, 3.05) is 19.8 Å². The van der Waals surface area contributed by atoms with Crippen LogP contribution in [0, 0.1) is 0 Å². The molecule has 0 aromatic rings. The van der Waals surface area contributed by atoms with Gasteiger partial charge in [0.25, 0.3) is 0 Å². The number of aliphatic hydroxyl groups excluding tert-OH is 5. The van der Waals surface area contributed by atoms with Crippen LogP contribution in [0.4, 0.5) is 0 Å². The van der Waals surface area contributed by atoms with Crippen molar-refractivity contribution < 1.29 is 49.3 Å². The third-order valence-electron chi connectivity index (χ3n) is 12.5. The van der Waals surface area contributed by atoms with Crippen LogP contribution in [0.1, 0.15) is 219 Å². The summed E-state index contributed by atoms with van der Waals surface area (Å²) in [6.07, 6.45) is 47.7. The molecule has 11 nitrogen and oxygen atoms in total. The standard InChI is InChI=1S/C56H99NO10/c1-3-5-7-9-11-13-23-28-32-36-40-44-52(61)65-45-41-37-33-29-25-22-20-18-16-14-15-17-19-21-24-27-31-35-39-43-51(60)57-48(49(59)42-38-34-30-26-12-10-8-6-4-2)47-66-56-55(64)54(63)53(62)50(46-58)67-56/h4,6,12,18,20,22,25-26,38,42,48-50,53-56,58-59,62-64H,3,5,7-11,13-17,19,21,23-24,27-37,39-41,43-47H2,1-2H3,(H,57,60)/b6-4+,20-18-,25-22-,26-12+,42-38+. The first-order valence-corrected chi connectivity index (χ1v) is 27.0. The summed E-state index contributed by atoms with van der Waals surface area (Å²) in [5.74, 6) is -0.242. The van der Waals surface area contributed by atoms with Gasteiger partial charge in [-0.25, -0.2) is 0 Å². The minimum Gasteiger partial charge on any atom is -0.466 e. The second-order valence-electron chi connectivity index (χ2n) is 18.6. The molecule has 0 aromatic heterocycles. The molecule has 0 saturated carbocycles. The molecule has 1 saturated heterocycles. The van der Waals surface area contributed by atoms with Gasteiger partial charge in [0.05, 0.1) is 32.0 Å². The predicted molar refractivity (Wildman–Crippen MR) is 273 cm³/mol. The number of esters is 1. The molecule has 1 rings (SSSR count). The van der Waals surface area contributed by atoms with Gasteiger partial charge in [-0.3, -0.25) is 9.59 Å². The van der Waals surface area contributed by atoms with E-state index in [1.54, 1.807) is 6.08 Å². The average molecular weight is 946 g/mol. The minimum atomic E-state index is -1.58.